The van der Waals surface area contributed by atoms with Crippen molar-refractivity contribution >= 4 is 5.71 Å². The molecule has 0 unspecified atom stereocenters. The van der Waals surface area contributed by atoms with Crippen LogP contribution >= 0.6 is 0 Å². The Balaban J connectivity index is 2.61. The number of oxime groups is 1. The zero-order valence-corrected chi connectivity index (χ0v) is 10.3. The van der Waals surface area contributed by atoms with Gasteiger partial charge in [-0.1, -0.05) is 5.16 Å². The molecular formula is C12H18N2O3. The summed E-state index contributed by atoms with van der Waals surface area (Å²) in [4.78, 5) is 0. The summed E-state index contributed by atoms with van der Waals surface area (Å²) in [5.41, 5.74) is 5.48. The van der Waals surface area contributed by atoms with E-state index in [-0.39, 0.29) is 6.61 Å². The number of methoxy groups -OCH3 is 1. The van der Waals surface area contributed by atoms with E-state index in [2.05, 4.69) is 5.16 Å². The van der Waals surface area contributed by atoms with Gasteiger partial charge in [0, 0.05) is 0 Å². The van der Waals surface area contributed by atoms with E-state index in [9.17, 15) is 0 Å². The third kappa shape index (κ3) is 3.96. The first-order chi connectivity index (χ1) is 7.97. The topological polar surface area (TPSA) is 77.1 Å². The fourth-order valence-electron chi connectivity index (χ4n) is 1.17. The number of nitrogens with two attached hydrogens (primary N) is 1. The lowest BCUT2D eigenvalue weighted by Gasteiger charge is -2.20. The molecule has 5 nitrogen and oxygen atoms in total. The molecule has 0 amide bonds. The highest BCUT2D eigenvalue weighted by molar-refractivity contribution is 5.93. The second-order valence-corrected chi connectivity index (χ2v) is 4.23. The summed E-state index contributed by atoms with van der Waals surface area (Å²) in [5.74, 6) is 1.42. The van der Waals surface area contributed by atoms with Crippen molar-refractivity contribution in [2.24, 2.45) is 10.9 Å². The molecule has 1 rings (SSSR count). The lowest BCUT2D eigenvalue weighted by molar-refractivity contribution is 0.299. The Morgan fingerprint density at radius 3 is 2.24 bits per heavy atom. The minimum absolute atomic E-state index is 0.145. The second kappa shape index (κ2) is 5.54. The van der Waals surface area contributed by atoms with Gasteiger partial charge in [0.05, 0.1) is 12.6 Å². The van der Waals surface area contributed by atoms with Crippen LogP contribution in [-0.2, 0) is 0 Å². The maximum atomic E-state index is 8.83. The SMILES string of the molecule is COc1ccc(OCC(=NO)C(C)(C)N)cc1. The summed E-state index contributed by atoms with van der Waals surface area (Å²) in [6.45, 7) is 3.64. The predicted octanol–water partition coefficient (Wildman–Crippen LogP) is 1.64. The van der Waals surface area contributed by atoms with Gasteiger partial charge in [-0.2, -0.15) is 0 Å². The van der Waals surface area contributed by atoms with Crippen LogP contribution in [0.1, 0.15) is 13.8 Å². The summed E-state index contributed by atoms with van der Waals surface area (Å²) in [7, 11) is 1.60. The van der Waals surface area contributed by atoms with Gasteiger partial charge in [-0.15, -0.1) is 0 Å². The van der Waals surface area contributed by atoms with Crippen molar-refractivity contribution in [1.82, 2.24) is 0 Å². The van der Waals surface area contributed by atoms with E-state index in [1.165, 1.54) is 0 Å². The molecule has 1 aromatic rings. The van der Waals surface area contributed by atoms with Crippen LogP contribution in [0.2, 0.25) is 0 Å². The monoisotopic (exact) mass is 238 g/mol. The molecule has 0 fully saturated rings. The molecule has 94 valence electrons. The third-order valence-electron chi connectivity index (χ3n) is 2.30. The van der Waals surface area contributed by atoms with Crippen molar-refractivity contribution in [2.75, 3.05) is 13.7 Å². The summed E-state index contributed by atoms with van der Waals surface area (Å²) < 4.78 is 10.5. The molecule has 0 saturated heterocycles. The Morgan fingerprint density at radius 1 is 1.29 bits per heavy atom. The van der Waals surface area contributed by atoms with Crippen molar-refractivity contribution in [1.29, 1.82) is 0 Å². The van der Waals surface area contributed by atoms with Gasteiger partial charge in [0.2, 0.25) is 0 Å². The first-order valence-corrected chi connectivity index (χ1v) is 5.24. The molecule has 0 saturated carbocycles. The molecule has 0 aliphatic rings. The van der Waals surface area contributed by atoms with Crippen LogP contribution in [0.15, 0.2) is 29.4 Å². The van der Waals surface area contributed by atoms with Gasteiger partial charge >= 0.3 is 0 Å². The molecule has 3 N–H and O–H groups in total. The van der Waals surface area contributed by atoms with Crippen LogP contribution in [0.25, 0.3) is 0 Å². The fraction of sp³-hybridized carbons (Fsp3) is 0.417. The van der Waals surface area contributed by atoms with Crippen molar-refractivity contribution < 1.29 is 14.7 Å². The number of hydrogen-bond acceptors (Lipinski definition) is 5. The van der Waals surface area contributed by atoms with Crippen molar-refractivity contribution in [3.63, 3.8) is 0 Å². The molecule has 0 aromatic heterocycles. The molecule has 0 aliphatic heterocycles. The van der Waals surface area contributed by atoms with Gasteiger partial charge in [-0.05, 0) is 38.1 Å². The highest BCUT2D eigenvalue weighted by Crippen LogP contribution is 2.17. The largest absolute Gasteiger partial charge is 0.497 e. The van der Waals surface area contributed by atoms with E-state index in [1.54, 1.807) is 45.2 Å². The average Bonchev–Trinajstić information content (AvgIpc) is 2.29. The fourth-order valence-corrected chi connectivity index (χ4v) is 1.17. The molecule has 0 heterocycles. The summed E-state index contributed by atoms with van der Waals surface area (Å²) in [6, 6.07) is 7.13. The van der Waals surface area contributed by atoms with E-state index in [0.717, 1.165) is 5.75 Å². The number of ether oxygens (including phenoxy) is 2. The first kappa shape index (κ1) is 13.3. The Bertz CT molecular complexity index is 380. The molecule has 0 radical (unpaired) electrons. The van der Waals surface area contributed by atoms with Crippen LogP contribution in [0, 0.1) is 0 Å². The number of nitrogens with zero attached hydrogens (tertiary/aromatic N) is 1. The van der Waals surface area contributed by atoms with Gasteiger partial charge < -0.3 is 20.4 Å². The lowest BCUT2D eigenvalue weighted by Crippen LogP contribution is -2.44. The Hall–Kier alpha value is -1.75. The lowest BCUT2D eigenvalue weighted by atomic mass is 10.0. The third-order valence-corrected chi connectivity index (χ3v) is 2.30. The molecule has 1 aromatic carbocycles. The Morgan fingerprint density at radius 2 is 1.82 bits per heavy atom. The summed E-state index contributed by atoms with van der Waals surface area (Å²) in [6.07, 6.45) is 0. The zero-order chi connectivity index (χ0) is 12.9. The van der Waals surface area contributed by atoms with Crippen molar-refractivity contribution in [3.8, 4) is 11.5 Å². The number of rotatable bonds is 5. The van der Waals surface area contributed by atoms with Crippen LogP contribution in [0.4, 0.5) is 0 Å². The molecule has 0 aliphatic carbocycles. The molecule has 17 heavy (non-hydrogen) atoms. The van der Waals surface area contributed by atoms with Crippen LogP contribution < -0.4 is 15.2 Å². The molecule has 5 heteroatoms. The predicted molar refractivity (Wildman–Crippen MR) is 66.0 cm³/mol. The van der Waals surface area contributed by atoms with E-state index in [1.807, 2.05) is 0 Å². The normalized spacial score (nSPS) is 12.4. The van der Waals surface area contributed by atoms with Gasteiger partial charge in [-0.25, -0.2) is 0 Å². The van der Waals surface area contributed by atoms with E-state index < -0.39 is 5.54 Å². The van der Waals surface area contributed by atoms with Crippen LogP contribution in [0.5, 0.6) is 11.5 Å². The zero-order valence-electron chi connectivity index (χ0n) is 10.3. The van der Waals surface area contributed by atoms with Crippen molar-refractivity contribution in [3.05, 3.63) is 24.3 Å². The smallest absolute Gasteiger partial charge is 0.132 e. The van der Waals surface area contributed by atoms with E-state index in [4.69, 9.17) is 20.4 Å². The molecule has 0 atom stereocenters. The maximum absolute atomic E-state index is 8.83. The maximum Gasteiger partial charge on any atom is 0.132 e. The number of hydrogen-bond donors (Lipinski definition) is 2. The standard InChI is InChI=1S/C12H18N2O3/c1-12(2,13)11(14-15)8-17-10-6-4-9(16-3)5-7-10/h4-7,15H,8,13H2,1-3H3. The Labute approximate surface area is 101 Å². The van der Waals surface area contributed by atoms with Gasteiger partial charge in [0.15, 0.2) is 0 Å². The van der Waals surface area contributed by atoms with E-state index in [0.29, 0.717) is 11.5 Å². The van der Waals surface area contributed by atoms with Crippen LogP contribution in [0.3, 0.4) is 0 Å². The van der Waals surface area contributed by atoms with E-state index >= 15 is 0 Å². The first-order valence-electron chi connectivity index (χ1n) is 5.24. The number of benzene rings is 1. The highest BCUT2D eigenvalue weighted by atomic mass is 16.5. The van der Waals surface area contributed by atoms with Gasteiger partial charge in [0.1, 0.15) is 23.8 Å². The van der Waals surface area contributed by atoms with Gasteiger partial charge in [0.25, 0.3) is 0 Å². The molecule has 0 spiro atoms. The quantitative estimate of drug-likeness (QED) is 0.464. The summed E-state index contributed by atoms with van der Waals surface area (Å²) >= 11 is 0. The molecular weight excluding hydrogens is 220 g/mol. The second-order valence-electron chi connectivity index (χ2n) is 4.23. The highest BCUT2D eigenvalue weighted by Gasteiger charge is 2.20. The summed E-state index contributed by atoms with van der Waals surface area (Å²) in [5, 5.41) is 12.0. The molecule has 0 bridgehead atoms. The average molecular weight is 238 g/mol. The van der Waals surface area contributed by atoms with Gasteiger partial charge in [-0.3, -0.25) is 0 Å². The minimum Gasteiger partial charge on any atom is -0.497 e. The van der Waals surface area contributed by atoms with Crippen molar-refractivity contribution in [2.45, 2.75) is 19.4 Å². The Kier molecular flexibility index (Phi) is 4.34. The van der Waals surface area contributed by atoms with Crippen LogP contribution in [-0.4, -0.2) is 30.2 Å². The minimum atomic E-state index is -0.707.